The van der Waals surface area contributed by atoms with Crippen LogP contribution in [0.25, 0.3) is 0 Å². The van der Waals surface area contributed by atoms with E-state index < -0.39 is 23.6 Å². The number of aliphatic imine (C=N–C) groups is 1. The molecule has 0 bridgehead atoms. The predicted octanol–water partition coefficient (Wildman–Crippen LogP) is 4.16. The van der Waals surface area contributed by atoms with Gasteiger partial charge in [0.2, 0.25) is 0 Å². The van der Waals surface area contributed by atoms with Crippen LogP contribution in [-0.4, -0.2) is 36.3 Å². The van der Waals surface area contributed by atoms with Crippen molar-refractivity contribution in [2.75, 3.05) is 7.11 Å². The van der Waals surface area contributed by atoms with Gasteiger partial charge in [-0.2, -0.15) is 0 Å². The minimum absolute atomic E-state index is 0.0251. The number of aliphatic hydroxyl groups excluding tert-OH is 1. The van der Waals surface area contributed by atoms with Crippen molar-refractivity contribution in [1.29, 1.82) is 0 Å². The van der Waals surface area contributed by atoms with Gasteiger partial charge in [-0.1, -0.05) is 41.9 Å². The number of hydrogen-bond acceptors (Lipinski definition) is 8. The lowest BCUT2D eigenvalue weighted by Crippen LogP contribution is -2.12. The number of ether oxygens (including phenoxy) is 3. The Balaban J connectivity index is 2.14. The van der Waals surface area contributed by atoms with Gasteiger partial charge in [-0.3, -0.25) is 0 Å². The van der Waals surface area contributed by atoms with E-state index >= 15 is 0 Å². The van der Waals surface area contributed by atoms with Crippen LogP contribution in [0.4, 0.5) is 0 Å². The van der Waals surface area contributed by atoms with Crippen molar-refractivity contribution in [2.24, 2.45) is 4.99 Å². The van der Waals surface area contributed by atoms with Gasteiger partial charge >= 0.3 is 17.9 Å². The Kier molecular flexibility index (Phi) is 9.19. The molecule has 2 rings (SSSR count). The van der Waals surface area contributed by atoms with Crippen molar-refractivity contribution in [3.8, 4) is 0 Å². The number of aliphatic hydroxyl groups is 1. The van der Waals surface area contributed by atoms with Crippen LogP contribution in [-0.2, 0) is 30.4 Å². The molecule has 0 spiro atoms. The first-order chi connectivity index (χ1) is 15.3. The standard InChI is InChI=1S/C23H20ClNO7/c1-15(26)19(22(28)31-13-16-6-4-3-5-7-16)12-25-20(23(29)30-2)14-32-21(27)17-8-10-18(24)11-9-17/h3-12,14,26H,13H2,1-2H3/b19-15-,20-14-,25-12-. The molecule has 2 aromatic rings. The summed E-state index contributed by atoms with van der Waals surface area (Å²) >= 11 is 5.78. The SMILES string of the molecule is COC(=O)C(=C/OC(=O)c1ccc(Cl)cc1)/N=C\C(C(=O)OCc1ccccc1)=C(/C)O. The van der Waals surface area contributed by atoms with E-state index in [1.165, 1.54) is 31.2 Å². The molecule has 8 nitrogen and oxygen atoms in total. The Morgan fingerprint density at radius 2 is 1.69 bits per heavy atom. The fourth-order valence-electron chi connectivity index (χ4n) is 2.23. The summed E-state index contributed by atoms with van der Waals surface area (Å²) < 4.78 is 14.7. The summed E-state index contributed by atoms with van der Waals surface area (Å²) in [6.07, 6.45) is 1.69. The Morgan fingerprint density at radius 1 is 1.03 bits per heavy atom. The lowest BCUT2D eigenvalue weighted by molar-refractivity contribution is -0.140. The number of nitrogens with zero attached hydrogens (tertiary/aromatic N) is 1. The highest BCUT2D eigenvalue weighted by atomic mass is 35.5. The van der Waals surface area contributed by atoms with E-state index in [2.05, 4.69) is 9.73 Å². The first kappa shape index (κ1) is 24.4. The Labute approximate surface area is 189 Å². The van der Waals surface area contributed by atoms with Crippen molar-refractivity contribution in [3.05, 3.63) is 94.0 Å². The van der Waals surface area contributed by atoms with Crippen LogP contribution in [0, 0.1) is 0 Å². The van der Waals surface area contributed by atoms with Crippen LogP contribution < -0.4 is 0 Å². The minimum Gasteiger partial charge on any atom is -0.512 e. The molecule has 1 N–H and O–H groups in total. The van der Waals surface area contributed by atoms with E-state index in [9.17, 15) is 19.5 Å². The van der Waals surface area contributed by atoms with Gasteiger partial charge in [-0.05, 0) is 36.8 Å². The van der Waals surface area contributed by atoms with E-state index in [0.717, 1.165) is 25.1 Å². The van der Waals surface area contributed by atoms with E-state index in [1.807, 2.05) is 6.07 Å². The molecular weight excluding hydrogens is 438 g/mol. The molecule has 0 amide bonds. The molecule has 32 heavy (non-hydrogen) atoms. The van der Waals surface area contributed by atoms with Crippen molar-refractivity contribution >= 4 is 35.7 Å². The summed E-state index contributed by atoms with van der Waals surface area (Å²) in [6, 6.07) is 14.8. The second-order valence-electron chi connectivity index (χ2n) is 6.23. The molecule has 0 unspecified atom stereocenters. The Bertz CT molecular complexity index is 1050. The normalized spacial score (nSPS) is 12.2. The second kappa shape index (κ2) is 12.1. The third kappa shape index (κ3) is 7.41. The van der Waals surface area contributed by atoms with E-state index in [-0.39, 0.29) is 23.5 Å². The molecule has 0 fully saturated rings. The maximum atomic E-state index is 12.3. The van der Waals surface area contributed by atoms with E-state index in [0.29, 0.717) is 5.02 Å². The molecule has 0 aliphatic rings. The highest BCUT2D eigenvalue weighted by Crippen LogP contribution is 2.12. The van der Waals surface area contributed by atoms with Gasteiger partial charge < -0.3 is 19.3 Å². The molecule has 0 aliphatic carbocycles. The third-order valence-electron chi connectivity index (χ3n) is 3.91. The van der Waals surface area contributed by atoms with Gasteiger partial charge in [0.15, 0.2) is 5.70 Å². The average molecular weight is 458 g/mol. The summed E-state index contributed by atoms with van der Waals surface area (Å²) in [7, 11) is 1.11. The number of benzene rings is 2. The number of hydrogen-bond donors (Lipinski definition) is 1. The highest BCUT2D eigenvalue weighted by molar-refractivity contribution is 6.30. The average Bonchev–Trinajstić information content (AvgIpc) is 2.80. The number of allylic oxidation sites excluding steroid dienone is 1. The maximum absolute atomic E-state index is 12.3. The van der Waals surface area contributed by atoms with Gasteiger partial charge in [0, 0.05) is 11.2 Å². The monoisotopic (exact) mass is 457 g/mol. The van der Waals surface area contributed by atoms with Crippen molar-refractivity contribution in [3.63, 3.8) is 0 Å². The summed E-state index contributed by atoms with van der Waals surface area (Å²) in [6.45, 7) is 1.23. The summed E-state index contributed by atoms with van der Waals surface area (Å²) in [5, 5.41) is 10.3. The number of halogens is 1. The van der Waals surface area contributed by atoms with Gasteiger partial charge in [-0.15, -0.1) is 0 Å². The molecule has 166 valence electrons. The Morgan fingerprint density at radius 3 is 2.28 bits per heavy atom. The number of carbonyl (C=O) groups is 3. The molecule has 0 heterocycles. The number of methoxy groups -OCH3 is 1. The van der Waals surface area contributed by atoms with Crippen molar-refractivity contribution < 1.29 is 33.7 Å². The third-order valence-corrected chi connectivity index (χ3v) is 4.16. The zero-order chi connectivity index (χ0) is 23.5. The summed E-state index contributed by atoms with van der Waals surface area (Å²) in [5.41, 5.74) is 0.219. The first-order valence-corrected chi connectivity index (χ1v) is 9.59. The van der Waals surface area contributed by atoms with Gasteiger partial charge in [-0.25, -0.2) is 19.4 Å². The predicted molar refractivity (Wildman–Crippen MR) is 117 cm³/mol. The van der Waals surface area contributed by atoms with Crippen LogP contribution >= 0.6 is 11.6 Å². The first-order valence-electron chi connectivity index (χ1n) is 9.21. The molecule has 0 radical (unpaired) electrons. The van der Waals surface area contributed by atoms with E-state index in [1.54, 1.807) is 24.3 Å². The van der Waals surface area contributed by atoms with Crippen LogP contribution in [0.1, 0.15) is 22.8 Å². The quantitative estimate of drug-likeness (QED) is 0.208. The molecule has 0 aliphatic heterocycles. The zero-order valence-corrected chi connectivity index (χ0v) is 18.0. The second-order valence-corrected chi connectivity index (χ2v) is 6.66. The molecule has 9 heteroatoms. The zero-order valence-electron chi connectivity index (χ0n) is 17.3. The lowest BCUT2D eigenvalue weighted by atomic mass is 10.2. The van der Waals surface area contributed by atoms with Crippen LogP contribution in [0.15, 0.2) is 82.9 Å². The van der Waals surface area contributed by atoms with Crippen LogP contribution in [0.3, 0.4) is 0 Å². The largest absolute Gasteiger partial charge is 0.512 e. The molecule has 0 saturated carbocycles. The van der Waals surface area contributed by atoms with Gasteiger partial charge in [0.05, 0.1) is 12.7 Å². The molecule has 0 aromatic heterocycles. The van der Waals surface area contributed by atoms with Gasteiger partial charge in [0.1, 0.15) is 24.2 Å². The highest BCUT2D eigenvalue weighted by Gasteiger charge is 2.16. The van der Waals surface area contributed by atoms with Crippen LogP contribution in [0.2, 0.25) is 5.02 Å². The molecule has 0 saturated heterocycles. The number of carbonyl (C=O) groups excluding carboxylic acids is 3. The molecule has 2 aromatic carbocycles. The molecule has 0 atom stereocenters. The maximum Gasteiger partial charge on any atom is 0.359 e. The minimum atomic E-state index is -0.933. The number of rotatable bonds is 8. The summed E-state index contributed by atoms with van der Waals surface area (Å²) in [5.74, 6) is -2.94. The fourth-order valence-corrected chi connectivity index (χ4v) is 2.35. The van der Waals surface area contributed by atoms with Crippen LogP contribution in [0.5, 0.6) is 0 Å². The van der Waals surface area contributed by atoms with Crippen molar-refractivity contribution in [2.45, 2.75) is 13.5 Å². The molecular formula is C23H20ClNO7. The lowest BCUT2D eigenvalue weighted by Gasteiger charge is -2.06. The number of esters is 3. The Hall–Kier alpha value is -3.91. The summed E-state index contributed by atoms with van der Waals surface area (Å²) in [4.78, 5) is 40.2. The van der Waals surface area contributed by atoms with Gasteiger partial charge in [0.25, 0.3) is 0 Å². The topological polar surface area (TPSA) is 111 Å². The smallest absolute Gasteiger partial charge is 0.359 e. The fraction of sp³-hybridized carbons (Fsp3) is 0.130. The van der Waals surface area contributed by atoms with Crippen molar-refractivity contribution in [1.82, 2.24) is 0 Å². The van der Waals surface area contributed by atoms with E-state index in [4.69, 9.17) is 21.1 Å².